The molecule has 0 aliphatic heterocycles. The zero-order chi connectivity index (χ0) is 14.5. The van der Waals surface area contributed by atoms with Crippen molar-refractivity contribution in [1.82, 2.24) is 0 Å². The Kier molecular flexibility index (Phi) is 4.63. The van der Waals surface area contributed by atoms with E-state index >= 15 is 0 Å². The molecule has 0 heterocycles. The molecular weight excluding hydrogens is 318 g/mol. The number of amidine groups is 1. The lowest BCUT2D eigenvalue weighted by Crippen LogP contribution is -2.22. The van der Waals surface area contributed by atoms with Gasteiger partial charge in [-0.3, -0.25) is 0 Å². The fraction of sp³-hybridized carbons (Fsp3) is 0.133. The molecule has 0 aliphatic carbocycles. The van der Waals surface area contributed by atoms with Crippen LogP contribution < -0.4 is 10.6 Å². The Bertz CT molecular complexity index is 614. The van der Waals surface area contributed by atoms with Gasteiger partial charge < -0.3 is 15.8 Å². The lowest BCUT2D eigenvalue weighted by atomic mass is 10.1. The second-order valence-corrected chi connectivity index (χ2v) is 5.14. The van der Waals surface area contributed by atoms with E-state index in [0.717, 1.165) is 22.4 Å². The summed E-state index contributed by atoms with van der Waals surface area (Å²) in [5.74, 6) is 0.0932. The van der Waals surface area contributed by atoms with E-state index in [4.69, 9.17) is 10.9 Å². The van der Waals surface area contributed by atoms with Gasteiger partial charge in [0.2, 0.25) is 0 Å². The van der Waals surface area contributed by atoms with Gasteiger partial charge >= 0.3 is 0 Å². The molecular formula is C15H16BrN3O. The van der Waals surface area contributed by atoms with E-state index in [-0.39, 0.29) is 5.84 Å². The fourth-order valence-corrected chi connectivity index (χ4v) is 2.46. The van der Waals surface area contributed by atoms with E-state index in [2.05, 4.69) is 32.9 Å². The molecule has 104 valence electrons. The standard InChI is InChI=1S/C15H16BrN3O/c1-2-19(12-6-4-3-5-7-12)14-9-8-11(16)10-13(14)15(17)18-20/h3-10,20H,2H2,1H3,(H2,17,18). The normalized spacial score (nSPS) is 11.4. The molecule has 0 bridgehead atoms. The Balaban J connectivity index is 2.55. The number of nitrogens with zero attached hydrogens (tertiary/aromatic N) is 2. The SMILES string of the molecule is CCN(c1ccccc1)c1ccc(Br)cc1/C(N)=N/O. The van der Waals surface area contributed by atoms with Crippen molar-refractivity contribution in [1.29, 1.82) is 0 Å². The van der Waals surface area contributed by atoms with Crippen molar-refractivity contribution in [3.8, 4) is 0 Å². The highest BCUT2D eigenvalue weighted by Gasteiger charge is 2.14. The van der Waals surface area contributed by atoms with Crippen LogP contribution in [0.15, 0.2) is 58.2 Å². The van der Waals surface area contributed by atoms with Gasteiger partial charge in [-0.25, -0.2) is 0 Å². The van der Waals surface area contributed by atoms with Gasteiger partial charge in [0, 0.05) is 22.3 Å². The van der Waals surface area contributed by atoms with Gasteiger partial charge in [0.1, 0.15) is 0 Å². The summed E-state index contributed by atoms with van der Waals surface area (Å²) in [6.07, 6.45) is 0. The number of benzene rings is 2. The van der Waals surface area contributed by atoms with Crippen LogP contribution in [-0.4, -0.2) is 17.6 Å². The topological polar surface area (TPSA) is 61.8 Å². The van der Waals surface area contributed by atoms with Crippen molar-refractivity contribution in [3.05, 3.63) is 58.6 Å². The monoisotopic (exact) mass is 333 g/mol. The van der Waals surface area contributed by atoms with Crippen molar-refractivity contribution < 1.29 is 5.21 Å². The molecule has 0 radical (unpaired) electrons. The number of hydrogen-bond donors (Lipinski definition) is 2. The number of halogens is 1. The number of rotatable bonds is 4. The third-order valence-corrected chi connectivity index (χ3v) is 3.51. The lowest BCUT2D eigenvalue weighted by Gasteiger charge is -2.25. The molecule has 5 heteroatoms. The Morgan fingerprint density at radius 1 is 1.25 bits per heavy atom. The van der Waals surface area contributed by atoms with Crippen LogP contribution in [0.4, 0.5) is 11.4 Å². The highest BCUT2D eigenvalue weighted by atomic mass is 79.9. The first kappa shape index (κ1) is 14.4. The number of anilines is 2. The maximum Gasteiger partial charge on any atom is 0.172 e. The Morgan fingerprint density at radius 3 is 2.55 bits per heavy atom. The van der Waals surface area contributed by atoms with Gasteiger partial charge in [0.15, 0.2) is 5.84 Å². The average molecular weight is 334 g/mol. The van der Waals surface area contributed by atoms with Crippen molar-refractivity contribution in [2.45, 2.75) is 6.92 Å². The quantitative estimate of drug-likeness (QED) is 0.388. The van der Waals surface area contributed by atoms with Crippen molar-refractivity contribution in [2.75, 3.05) is 11.4 Å². The fourth-order valence-electron chi connectivity index (χ4n) is 2.10. The third-order valence-electron chi connectivity index (χ3n) is 3.02. The van der Waals surface area contributed by atoms with Crippen LogP contribution in [0.1, 0.15) is 12.5 Å². The first-order chi connectivity index (χ1) is 9.67. The molecule has 0 amide bonds. The number of oxime groups is 1. The molecule has 0 aromatic heterocycles. The van der Waals surface area contributed by atoms with Gasteiger partial charge in [-0.2, -0.15) is 0 Å². The average Bonchev–Trinajstić information content (AvgIpc) is 2.49. The summed E-state index contributed by atoms with van der Waals surface area (Å²) in [5, 5.41) is 12.1. The summed E-state index contributed by atoms with van der Waals surface area (Å²) in [7, 11) is 0. The molecule has 4 nitrogen and oxygen atoms in total. The van der Waals surface area contributed by atoms with Crippen molar-refractivity contribution in [3.63, 3.8) is 0 Å². The zero-order valence-corrected chi connectivity index (χ0v) is 12.7. The van der Waals surface area contributed by atoms with Gasteiger partial charge in [0.05, 0.1) is 5.69 Å². The summed E-state index contributed by atoms with van der Waals surface area (Å²) in [6, 6.07) is 15.7. The predicted molar refractivity (Wildman–Crippen MR) is 85.8 cm³/mol. The molecule has 2 aromatic rings. The molecule has 0 aliphatic rings. The van der Waals surface area contributed by atoms with E-state index < -0.39 is 0 Å². The minimum absolute atomic E-state index is 0.0932. The predicted octanol–water partition coefficient (Wildman–Crippen LogP) is 3.70. The number of hydrogen-bond acceptors (Lipinski definition) is 3. The molecule has 0 saturated carbocycles. The second-order valence-electron chi connectivity index (χ2n) is 4.23. The second kappa shape index (κ2) is 6.43. The summed E-state index contributed by atoms with van der Waals surface area (Å²) >= 11 is 3.41. The van der Waals surface area contributed by atoms with Crippen LogP contribution in [0, 0.1) is 0 Å². The van der Waals surface area contributed by atoms with Gasteiger partial charge in [0.25, 0.3) is 0 Å². The Morgan fingerprint density at radius 2 is 1.95 bits per heavy atom. The van der Waals surface area contributed by atoms with Crippen LogP contribution in [0.25, 0.3) is 0 Å². The smallest absolute Gasteiger partial charge is 0.172 e. The van der Waals surface area contributed by atoms with Crippen LogP contribution in [0.2, 0.25) is 0 Å². The molecule has 0 unspecified atom stereocenters. The summed E-state index contributed by atoms with van der Waals surface area (Å²) in [5.41, 5.74) is 8.43. The van der Waals surface area contributed by atoms with E-state index in [1.165, 1.54) is 0 Å². The molecule has 2 rings (SSSR count). The minimum atomic E-state index is 0.0932. The number of nitrogens with two attached hydrogens (primary N) is 1. The van der Waals surface area contributed by atoms with Gasteiger partial charge in [-0.15, -0.1) is 0 Å². The van der Waals surface area contributed by atoms with Crippen LogP contribution in [-0.2, 0) is 0 Å². The Hall–Kier alpha value is -2.01. The maximum atomic E-state index is 8.96. The third kappa shape index (κ3) is 2.93. The lowest BCUT2D eigenvalue weighted by molar-refractivity contribution is 0.318. The van der Waals surface area contributed by atoms with Gasteiger partial charge in [-0.05, 0) is 37.3 Å². The highest BCUT2D eigenvalue weighted by molar-refractivity contribution is 9.10. The molecule has 0 fully saturated rings. The van der Waals surface area contributed by atoms with Crippen LogP contribution in [0.3, 0.4) is 0 Å². The Labute approximate surface area is 126 Å². The maximum absolute atomic E-state index is 8.96. The molecule has 0 spiro atoms. The van der Waals surface area contributed by atoms with Crippen LogP contribution in [0.5, 0.6) is 0 Å². The largest absolute Gasteiger partial charge is 0.409 e. The molecule has 3 N–H and O–H groups in total. The van der Waals surface area contributed by atoms with Gasteiger partial charge in [-0.1, -0.05) is 39.3 Å². The van der Waals surface area contributed by atoms with E-state index in [0.29, 0.717) is 5.56 Å². The van der Waals surface area contributed by atoms with Crippen molar-refractivity contribution in [2.24, 2.45) is 10.9 Å². The molecule has 0 saturated heterocycles. The van der Waals surface area contributed by atoms with E-state index in [1.807, 2.05) is 48.5 Å². The first-order valence-corrected chi connectivity index (χ1v) is 7.06. The summed E-state index contributed by atoms with van der Waals surface area (Å²) in [6.45, 7) is 2.84. The highest BCUT2D eigenvalue weighted by Crippen LogP contribution is 2.30. The van der Waals surface area contributed by atoms with E-state index in [1.54, 1.807) is 0 Å². The van der Waals surface area contributed by atoms with E-state index in [9.17, 15) is 0 Å². The molecule has 0 atom stereocenters. The zero-order valence-electron chi connectivity index (χ0n) is 11.1. The first-order valence-electron chi connectivity index (χ1n) is 6.27. The minimum Gasteiger partial charge on any atom is -0.409 e. The number of para-hydroxylation sites is 1. The van der Waals surface area contributed by atoms with Crippen LogP contribution >= 0.6 is 15.9 Å². The molecule has 20 heavy (non-hydrogen) atoms. The van der Waals surface area contributed by atoms with Crippen molar-refractivity contribution >= 4 is 33.1 Å². The summed E-state index contributed by atoms with van der Waals surface area (Å²) in [4.78, 5) is 2.11. The molecule has 2 aromatic carbocycles. The summed E-state index contributed by atoms with van der Waals surface area (Å²) < 4.78 is 0.881.